The van der Waals surface area contributed by atoms with Gasteiger partial charge in [-0.1, -0.05) is 30.9 Å². The average molecular weight is 150 g/mol. The molecule has 0 rings (SSSR count). The Balaban J connectivity index is 3.92. The molecule has 0 fully saturated rings. The normalized spacial score (nSPS) is 11.9. The third kappa shape index (κ3) is 5.34. The van der Waals surface area contributed by atoms with E-state index in [1.165, 1.54) is 0 Å². The second-order valence-electron chi connectivity index (χ2n) is 2.18. The van der Waals surface area contributed by atoms with Crippen LogP contribution in [0.5, 0.6) is 0 Å². The molecule has 0 bridgehead atoms. The number of hydrogen-bond donors (Lipinski definition) is 0. The average Bonchev–Trinajstić information content (AvgIpc) is 2.05. The van der Waals surface area contributed by atoms with Gasteiger partial charge in [-0.25, -0.2) is 0 Å². The molecule has 11 heavy (non-hydrogen) atoms. The van der Waals surface area contributed by atoms with Crippen molar-refractivity contribution in [1.29, 1.82) is 0 Å². The zero-order chi connectivity index (χ0) is 8.53. The Morgan fingerprint density at radius 3 is 2.73 bits per heavy atom. The second-order valence-corrected chi connectivity index (χ2v) is 2.18. The zero-order valence-electron chi connectivity index (χ0n) is 6.92. The quantitative estimate of drug-likeness (QED) is 0.435. The maximum Gasteiger partial charge on any atom is 0.120 e. The first-order chi connectivity index (χ1) is 5.35. The molecule has 0 aliphatic heterocycles. The van der Waals surface area contributed by atoms with Crippen molar-refractivity contribution in [2.24, 2.45) is 0 Å². The van der Waals surface area contributed by atoms with Crippen molar-refractivity contribution < 1.29 is 4.79 Å². The van der Waals surface area contributed by atoms with Crippen LogP contribution < -0.4 is 0 Å². The summed E-state index contributed by atoms with van der Waals surface area (Å²) in [6.45, 7) is 5.60. The minimum absolute atomic E-state index is 0.579. The summed E-state index contributed by atoms with van der Waals surface area (Å²) in [4.78, 5) is 10.0. The number of aldehydes is 1. The fourth-order valence-corrected chi connectivity index (χ4v) is 0.699. The number of allylic oxidation sites excluding steroid dienone is 5. The third-order valence-electron chi connectivity index (χ3n) is 1.32. The predicted molar refractivity (Wildman–Crippen MR) is 48.4 cm³/mol. The summed E-state index contributed by atoms with van der Waals surface area (Å²) < 4.78 is 0. The van der Waals surface area contributed by atoms with Crippen LogP contribution in [0.25, 0.3) is 0 Å². The lowest BCUT2D eigenvalue weighted by Gasteiger charge is -1.93. The van der Waals surface area contributed by atoms with E-state index in [4.69, 9.17) is 0 Å². The van der Waals surface area contributed by atoms with E-state index in [1.54, 1.807) is 6.08 Å². The van der Waals surface area contributed by atoms with Gasteiger partial charge in [0.05, 0.1) is 0 Å². The lowest BCUT2D eigenvalue weighted by Crippen LogP contribution is -1.79. The maximum atomic E-state index is 10.0. The van der Waals surface area contributed by atoms with Gasteiger partial charge < -0.3 is 4.79 Å². The molecular weight excluding hydrogens is 136 g/mol. The first-order valence-electron chi connectivity index (χ1n) is 3.73. The molecule has 0 radical (unpaired) electrons. The third-order valence-corrected chi connectivity index (χ3v) is 1.32. The van der Waals surface area contributed by atoms with Gasteiger partial charge in [-0.15, -0.1) is 0 Å². The van der Waals surface area contributed by atoms with Crippen molar-refractivity contribution in [3.8, 4) is 0 Å². The van der Waals surface area contributed by atoms with Crippen LogP contribution in [0.4, 0.5) is 0 Å². The lowest BCUT2D eigenvalue weighted by atomic mass is 10.1. The highest BCUT2D eigenvalue weighted by Crippen LogP contribution is 2.04. The SMILES string of the molecule is C=C/C(=C\C=C/C)CCC=O. The molecule has 0 heterocycles. The Labute approximate surface area is 68.1 Å². The molecule has 0 aromatic heterocycles. The molecule has 0 aromatic carbocycles. The second kappa shape index (κ2) is 7.00. The minimum Gasteiger partial charge on any atom is -0.303 e. The highest BCUT2D eigenvalue weighted by molar-refractivity contribution is 5.50. The van der Waals surface area contributed by atoms with Crippen LogP contribution in [-0.4, -0.2) is 6.29 Å². The lowest BCUT2D eigenvalue weighted by molar-refractivity contribution is -0.107. The Bertz CT molecular complexity index is 175. The van der Waals surface area contributed by atoms with Gasteiger partial charge in [-0.3, -0.25) is 0 Å². The number of rotatable bonds is 5. The minimum atomic E-state index is 0.579. The smallest absolute Gasteiger partial charge is 0.120 e. The molecule has 0 saturated heterocycles. The van der Waals surface area contributed by atoms with Crippen LogP contribution in [0.3, 0.4) is 0 Å². The largest absolute Gasteiger partial charge is 0.303 e. The molecule has 0 N–H and O–H groups in total. The van der Waals surface area contributed by atoms with Gasteiger partial charge >= 0.3 is 0 Å². The number of carbonyl (C=O) groups is 1. The summed E-state index contributed by atoms with van der Waals surface area (Å²) in [7, 11) is 0. The Morgan fingerprint density at radius 1 is 1.55 bits per heavy atom. The van der Waals surface area contributed by atoms with Crippen molar-refractivity contribution in [3.63, 3.8) is 0 Å². The van der Waals surface area contributed by atoms with Crippen molar-refractivity contribution in [1.82, 2.24) is 0 Å². The highest BCUT2D eigenvalue weighted by atomic mass is 16.1. The Kier molecular flexibility index (Phi) is 6.30. The van der Waals surface area contributed by atoms with Crippen LogP contribution in [0.2, 0.25) is 0 Å². The molecule has 0 atom stereocenters. The molecule has 0 aromatic rings. The van der Waals surface area contributed by atoms with Crippen LogP contribution >= 0.6 is 0 Å². The molecule has 1 nitrogen and oxygen atoms in total. The van der Waals surface area contributed by atoms with E-state index < -0.39 is 0 Å². The van der Waals surface area contributed by atoms with E-state index in [2.05, 4.69) is 6.58 Å². The highest BCUT2D eigenvalue weighted by Gasteiger charge is 1.88. The summed E-state index contributed by atoms with van der Waals surface area (Å²) in [5, 5.41) is 0. The van der Waals surface area contributed by atoms with Crippen LogP contribution in [-0.2, 0) is 4.79 Å². The summed E-state index contributed by atoms with van der Waals surface area (Å²) in [6, 6.07) is 0. The topological polar surface area (TPSA) is 17.1 Å². The number of hydrogen-bond acceptors (Lipinski definition) is 1. The van der Waals surface area contributed by atoms with Crippen molar-refractivity contribution in [2.45, 2.75) is 19.8 Å². The predicted octanol–water partition coefficient (Wildman–Crippen LogP) is 2.65. The van der Waals surface area contributed by atoms with Crippen molar-refractivity contribution in [3.05, 3.63) is 36.5 Å². The molecule has 0 saturated carbocycles. The van der Waals surface area contributed by atoms with E-state index in [0.29, 0.717) is 6.42 Å². The molecule has 0 aliphatic rings. The Hall–Kier alpha value is -1.11. The van der Waals surface area contributed by atoms with Gasteiger partial charge in [0.25, 0.3) is 0 Å². The first kappa shape index (κ1) is 9.89. The molecule has 60 valence electrons. The number of carbonyl (C=O) groups excluding carboxylic acids is 1. The molecule has 0 spiro atoms. The van der Waals surface area contributed by atoms with Crippen LogP contribution in [0.1, 0.15) is 19.8 Å². The molecule has 0 amide bonds. The molecule has 0 unspecified atom stereocenters. The fraction of sp³-hybridized carbons (Fsp3) is 0.300. The van der Waals surface area contributed by atoms with E-state index in [0.717, 1.165) is 18.3 Å². The summed E-state index contributed by atoms with van der Waals surface area (Å²) in [5.41, 5.74) is 1.11. The standard InChI is InChI=1S/C10H14O/c1-3-5-7-10(4-2)8-6-9-11/h3-5,7,9H,2,6,8H2,1H3/b5-3-,10-7+. The molecular formula is C10H14O. The maximum absolute atomic E-state index is 10.0. The Morgan fingerprint density at radius 2 is 2.27 bits per heavy atom. The van der Waals surface area contributed by atoms with Gasteiger partial charge in [-0.2, -0.15) is 0 Å². The van der Waals surface area contributed by atoms with Gasteiger partial charge in [0, 0.05) is 6.42 Å². The van der Waals surface area contributed by atoms with Gasteiger partial charge in [-0.05, 0) is 18.9 Å². The molecule has 1 heteroatoms. The monoisotopic (exact) mass is 150 g/mol. The van der Waals surface area contributed by atoms with Gasteiger partial charge in [0.15, 0.2) is 0 Å². The van der Waals surface area contributed by atoms with Crippen LogP contribution in [0, 0.1) is 0 Å². The zero-order valence-corrected chi connectivity index (χ0v) is 6.92. The van der Waals surface area contributed by atoms with Crippen molar-refractivity contribution >= 4 is 6.29 Å². The molecule has 0 aliphatic carbocycles. The first-order valence-corrected chi connectivity index (χ1v) is 3.73. The summed E-state index contributed by atoms with van der Waals surface area (Å²) in [5.74, 6) is 0. The van der Waals surface area contributed by atoms with E-state index in [9.17, 15) is 4.79 Å². The van der Waals surface area contributed by atoms with E-state index in [1.807, 2.05) is 25.2 Å². The summed E-state index contributed by atoms with van der Waals surface area (Å²) in [6.07, 6.45) is 9.94. The van der Waals surface area contributed by atoms with Gasteiger partial charge in [0.2, 0.25) is 0 Å². The fourth-order valence-electron chi connectivity index (χ4n) is 0.699. The van der Waals surface area contributed by atoms with Crippen LogP contribution in [0.15, 0.2) is 36.5 Å². The van der Waals surface area contributed by atoms with Crippen molar-refractivity contribution in [2.75, 3.05) is 0 Å². The van der Waals surface area contributed by atoms with Gasteiger partial charge in [0.1, 0.15) is 6.29 Å². The summed E-state index contributed by atoms with van der Waals surface area (Å²) >= 11 is 0. The van der Waals surface area contributed by atoms with E-state index >= 15 is 0 Å². The van der Waals surface area contributed by atoms with E-state index in [-0.39, 0.29) is 0 Å².